The Hall–Kier alpha value is -5.51. The largest absolute Gasteiger partial charge is 0.497 e. The molecule has 16 heteroatoms. The normalized spacial score (nSPS) is 20.8. The molecule has 2 saturated heterocycles. The predicted molar refractivity (Wildman–Crippen MR) is 223 cm³/mol. The van der Waals surface area contributed by atoms with Gasteiger partial charge in [0.15, 0.2) is 0 Å². The first kappa shape index (κ1) is 46.2. The van der Waals surface area contributed by atoms with Gasteiger partial charge in [0.2, 0.25) is 23.6 Å². The molecule has 2 aliphatic rings. The van der Waals surface area contributed by atoms with Crippen LogP contribution < -0.4 is 37.1 Å². The van der Waals surface area contributed by atoms with Crippen LogP contribution in [0, 0.1) is 10.8 Å². The van der Waals surface area contributed by atoms with E-state index in [0.717, 1.165) is 5.56 Å². The maximum absolute atomic E-state index is 14.4. The third-order valence-corrected chi connectivity index (χ3v) is 10.7. The highest BCUT2D eigenvalue weighted by molar-refractivity contribution is 6.01. The molecule has 4 rings (SSSR count). The molecule has 0 saturated carbocycles. The van der Waals surface area contributed by atoms with Crippen molar-refractivity contribution in [3.05, 3.63) is 59.2 Å². The smallest absolute Gasteiger partial charge is 0.251 e. The molecule has 6 amide bonds. The second-order valence-electron chi connectivity index (χ2n) is 18.0. The van der Waals surface area contributed by atoms with Crippen LogP contribution >= 0.6 is 0 Å². The zero-order valence-corrected chi connectivity index (χ0v) is 35.9. The fourth-order valence-electron chi connectivity index (χ4n) is 7.32. The van der Waals surface area contributed by atoms with Gasteiger partial charge in [0.25, 0.3) is 11.8 Å². The lowest BCUT2D eigenvalue weighted by Crippen LogP contribution is -2.59. The third-order valence-electron chi connectivity index (χ3n) is 10.7. The van der Waals surface area contributed by atoms with E-state index in [9.17, 15) is 33.6 Å². The SMILES string of the molecule is CN[C@@H](C)C(=O)N[C@H](C(=O)N1C[C@@H](NC(=O)c2cc(N)cc(C(=O)N[C@H]3C[C@@H](C=O)N(C(=O)CC(C)(C)C)C3)c2)C[C@H]1C(=O)N[C@H](C)c1ccc(OC)cc1)C(C)(C)C. The van der Waals surface area contributed by atoms with Crippen molar-refractivity contribution >= 4 is 47.4 Å². The number of rotatable bonds is 14. The minimum absolute atomic E-state index is 0.0384. The quantitative estimate of drug-likeness (QED) is 0.121. The number of likely N-dealkylation sites (tertiary alicyclic amines) is 2. The highest BCUT2D eigenvalue weighted by atomic mass is 16.5. The van der Waals surface area contributed by atoms with Gasteiger partial charge in [0.1, 0.15) is 24.1 Å². The van der Waals surface area contributed by atoms with Gasteiger partial charge in [-0.15, -0.1) is 0 Å². The molecular weight excluding hydrogens is 757 g/mol. The van der Waals surface area contributed by atoms with Crippen LogP contribution in [0.2, 0.25) is 0 Å². The van der Waals surface area contributed by atoms with Gasteiger partial charge in [0.05, 0.1) is 25.2 Å². The number of ether oxygens (including phenoxy) is 1. The van der Waals surface area contributed by atoms with Crippen LogP contribution in [0.25, 0.3) is 0 Å². The topological polar surface area (TPSA) is 221 Å². The molecule has 0 aromatic heterocycles. The van der Waals surface area contributed by atoms with Crippen molar-refractivity contribution in [2.75, 3.05) is 33.0 Å². The average molecular weight is 819 g/mol. The van der Waals surface area contributed by atoms with Crippen molar-refractivity contribution in [1.82, 2.24) is 36.4 Å². The number of nitrogen functional groups attached to an aromatic ring is 1. The van der Waals surface area contributed by atoms with Crippen molar-refractivity contribution in [3.8, 4) is 5.75 Å². The molecule has 2 aromatic carbocycles. The average Bonchev–Trinajstić information content (AvgIpc) is 3.79. The molecule has 0 radical (unpaired) electrons. The molecule has 7 atom stereocenters. The van der Waals surface area contributed by atoms with Crippen LogP contribution in [-0.2, 0) is 24.0 Å². The Labute approximate surface area is 347 Å². The van der Waals surface area contributed by atoms with E-state index in [4.69, 9.17) is 10.5 Å². The highest BCUT2D eigenvalue weighted by Gasteiger charge is 2.46. The maximum Gasteiger partial charge on any atom is 0.251 e. The minimum Gasteiger partial charge on any atom is -0.497 e. The first-order chi connectivity index (χ1) is 27.5. The number of carbonyl (C=O) groups is 7. The standard InChI is InChI=1S/C43H62N8O8/c1-24(26-11-13-33(59-10)14-12-26)46-40(57)34-19-31(22-51(34)41(58)36(43(6,7)8)49-37(54)25(2)45-9)48-39(56)28-15-27(16-29(44)17-28)38(55)47-30-18-32(23-52)50(21-30)35(53)20-42(3,4)5/h11-17,23-25,30-32,34,36,45H,18-22,44H2,1-10H3,(H,46,57)(H,47,55)(H,48,56)(H,49,54)/t24-,25+,30+,31+,32+,34+,36-/m1/s1. The van der Waals surface area contributed by atoms with Gasteiger partial charge in [-0.3, -0.25) is 28.8 Å². The summed E-state index contributed by atoms with van der Waals surface area (Å²) < 4.78 is 5.26. The summed E-state index contributed by atoms with van der Waals surface area (Å²) in [6.07, 6.45) is 1.28. The molecule has 0 bridgehead atoms. The van der Waals surface area contributed by atoms with Crippen LogP contribution in [0.5, 0.6) is 5.75 Å². The summed E-state index contributed by atoms with van der Waals surface area (Å²) in [5.74, 6) is -1.93. The maximum atomic E-state index is 14.4. The van der Waals surface area contributed by atoms with E-state index in [2.05, 4.69) is 26.6 Å². The van der Waals surface area contributed by atoms with E-state index in [0.29, 0.717) is 12.0 Å². The lowest BCUT2D eigenvalue weighted by Gasteiger charge is -2.36. The Kier molecular flexibility index (Phi) is 14.9. The van der Waals surface area contributed by atoms with Crippen LogP contribution in [0.3, 0.4) is 0 Å². The van der Waals surface area contributed by atoms with E-state index in [1.165, 1.54) is 28.0 Å². The number of hydrogen-bond donors (Lipinski definition) is 6. The fraction of sp³-hybridized carbons (Fsp3) is 0.558. The Bertz CT molecular complexity index is 1890. The number of carbonyl (C=O) groups excluding carboxylic acids is 7. The molecule has 0 aliphatic carbocycles. The van der Waals surface area contributed by atoms with Crippen molar-refractivity contribution in [2.24, 2.45) is 10.8 Å². The Morgan fingerprint density at radius 3 is 1.92 bits per heavy atom. The van der Waals surface area contributed by atoms with E-state index < -0.39 is 71.3 Å². The van der Waals surface area contributed by atoms with Crippen molar-refractivity contribution < 1.29 is 38.3 Å². The summed E-state index contributed by atoms with van der Waals surface area (Å²) in [7, 11) is 3.20. The van der Waals surface area contributed by atoms with Gasteiger partial charge in [-0.05, 0) is 80.5 Å². The third kappa shape index (κ3) is 12.0. The number of methoxy groups -OCH3 is 1. The second-order valence-corrected chi connectivity index (χ2v) is 18.0. The monoisotopic (exact) mass is 818 g/mol. The molecular formula is C43H62N8O8. The number of amides is 6. The number of aldehydes is 1. The van der Waals surface area contributed by atoms with Crippen LogP contribution in [0.1, 0.15) is 107 Å². The molecule has 2 aromatic rings. The summed E-state index contributed by atoms with van der Waals surface area (Å²) in [4.78, 5) is 96.6. The zero-order valence-electron chi connectivity index (χ0n) is 35.9. The molecule has 0 unspecified atom stereocenters. The van der Waals surface area contributed by atoms with E-state index in [1.54, 1.807) is 33.2 Å². The highest BCUT2D eigenvalue weighted by Crippen LogP contribution is 2.29. The minimum atomic E-state index is -1.00. The molecule has 7 N–H and O–H groups in total. The molecule has 59 heavy (non-hydrogen) atoms. The second kappa shape index (κ2) is 19.0. The first-order valence-corrected chi connectivity index (χ1v) is 20.0. The summed E-state index contributed by atoms with van der Waals surface area (Å²) in [6, 6.07) is 6.57. The van der Waals surface area contributed by atoms with Gasteiger partial charge < -0.3 is 51.6 Å². The molecule has 16 nitrogen and oxygen atoms in total. The van der Waals surface area contributed by atoms with Gasteiger partial charge in [-0.25, -0.2) is 0 Å². The Balaban J connectivity index is 1.54. The number of anilines is 1. The molecule has 0 spiro atoms. The van der Waals surface area contributed by atoms with E-state index in [1.807, 2.05) is 60.6 Å². The van der Waals surface area contributed by atoms with Crippen molar-refractivity contribution in [2.45, 2.75) is 117 Å². The van der Waals surface area contributed by atoms with Gasteiger partial charge in [0, 0.05) is 48.4 Å². The zero-order chi connectivity index (χ0) is 44.0. The molecule has 2 fully saturated rings. The summed E-state index contributed by atoms with van der Waals surface area (Å²) >= 11 is 0. The number of nitrogens with zero attached hydrogens (tertiary/aromatic N) is 2. The fourth-order valence-corrected chi connectivity index (χ4v) is 7.32. The number of likely N-dealkylation sites (N-methyl/N-ethyl adjacent to an activating group) is 1. The summed E-state index contributed by atoms with van der Waals surface area (Å²) in [6.45, 7) is 14.9. The predicted octanol–water partition coefficient (Wildman–Crippen LogP) is 2.33. The number of hydrogen-bond acceptors (Lipinski definition) is 10. The molecule has 2 aliphatic heterocycles. The summed E-state index contributed by atoms with van der Waals surface area (Å²) in [5.41, 5.74) is 6.30. The van der Waals surface area contributed by atoms with Crippen LogP contribution in [0.4, 0.5) is 5.69 Å². The van der Waals surface area contributed by atoms with Gasteiger partial charge >= 0.3 is 0 Å². The van der Waals surface area contributed by atoms with Crippen molar-refractivity contribution in [1.29, 1.82) is 0 Å². The Morgan fingerprint density at radius 1 is 0.847 bits per heavy atom. The van der Waals surface area contributed by atoms with Crippen LogP contribution in [0.15, 0.2) is 42.5 Å². The molecule has 2 heterocycles. The summed E-state index contributed by atoms with van der Waals surface area (Å²) in [5, 5.41) is 14.6. The van der Waals surface area contributed by atoms with Crippen molar-refractivity contribution in [3.63, 3.8) is 0 Å². The van der Waals surface area contributed by atoms with Gasteiger partial charge in [-0.1, -0.05) is 53.7 Å². The first-order valence-electron chi connectivity index (χ1n) is 20.0. The van der Waals surface area contributed by atoms with E-state index >= 15 is 0 Å². The Morgan fingerprint density at radius 2 is 1.41 bits per heavy atom. The van der Waals surface area contributed by atoms with Gasteiger partial charge in [-0.2, -0.15) is 0 Å². The van der Waals surface area contributed by atoms with Crippen LogP contribution in [-0.4, -0.2) is 115 Å². The number of benzene rings is 2. The lowest BCUT2D eigenvalue weighted by molar-refractivity contribution is -0.144. The van der Waals surface area contributed by atoms with E-state index in [-0.39, 0.29) is 66.4 Å². The number of nitrogens with two attached hydrogens (primary N) is 1. The lowest BCUT2D eigenvalue weighted by atomic mass is 9.85. The number of nitrogens with one attached hydrogen (secondary N) is 5. The molecule has 322 valence electrons.